The largest absolute Gasteiger partial charge is 0.459 e. The quantitative estimate of drug-likeness (QED) is 0.0903. The molecule has 0 spiro atoms. The Kier molecular flexibility index (Phi) is 7.30. The minimum atomic E-state index is -0.770. The molecule has 37 heavy (non-hydrogen) atoms. The molecule has 3 atom stereocenters. The van der Waals surface area contributed by atoms with Crippen LogP contribution in [0, 0.1) is 3.57 Å². The Balaban J connectivity index is 1.43. The minimum absolute atomic E-state index is 0.0289. The Hall–Kier alpha value is -4.00. The van der Waals surface area contributed by atoms with Crippen LogP contribution in [0.2, 0.25) is 0 Å². The maximum absolute atomic E-state index is 12.9. The second kappa shape index (κ2) is 10.9. The van der Waals surface area contributed by atoms with E-state index in [4.69, 9.17) is 19.7 Å². The minimum Gasteiger partial charge on any atom is -0.459 e. The van der Waals surface area contributed by atoms with E-state index in [2.05, 4.69) is 42.6 Å². The summed E-state index contributed by atoms with van der Waals surface area (Å²) in [5.74, 6) is -0.797. The zero-order valence-corrected chi connectivity index (χ0v) is 21.3. The van der Waals surface area contributed by atoms with Gasteiger partial charge in [-0.2, -0.15) is 0 Å². The van der Waals surface area contributed by atoms with Crippen LogP contribution in [0.4, 0.5) is 5.82 Å². The summed E-state index contributed by atoms with van der Waals surface area (Å²) in [4.78, 5) is 36.6. The van der Waals surface area contributed by atoms with Crippen molar-refractivity contribution >= 4 is 51.4 Å². The highest BCUT2D eigenvalue weighted by Crippen LogP contribution is 2.37. The number of azide groups is 1. The number of hydrogen-bond donors (Lipinski definition) is 0. The summed E-state index contributed by atoms with van der Waals surface area (Å²) in [6, 6.07) is 17.3. The summed E-state index contributed by atoms with van der Waals surface area (Å²) in [6.45, 7) is -0.0289. The monoisotopic (exact) mass is 610 g/mol. The van der Waals surface area contributed by atoms with E-state index in [-0.39, 0.29) is 18.8 Å². The van der Waals surface area contributed by atoms with Crippen LogP contribution in [0.15, 0.2) is 78.3 Å². The third-order valence-electron chi connectivity index (χ3n) is 5.78. The second-order valence-electron chi connectivity index (χ2n) is 8.13. The van der Waals surface area contributed by atoms with Crippen LogP contribution in [0.1, 0.15) is 33.4 Å². The van der Waals surface area contributed by atoms with Crippen molar-refractivity contribution in [3.8, 4) is 0 Å². The molecule has 1 saturated heterocycles. The third kappa shape index (κ3) is 5.26. The first kappa shape index (κ1) is 24.7. The molecular weight excluding hydrogens is 591 g/mol. The lowest BCUT2D eigenvalue weighted by molar-refractivity contribution is -0.0592. The molecule has 0 saturated carbocycles. The van der Waals surface area contributed by atoms with Crippen molar-refractivity contribution in [1.29, 1.82) is 0 Å². The predicted molar refractivity (Wildman–Crippen MR) is 140 cm³/mol. The Morgan fingerprint density at radius 1 is 1.08 bits per heavy atom. The molecule has 1 fully saturated rings. The van der Waals surface area contributed by atoms with Crippen LogP contribution in [-0.2, 0) is 14.2 Å². The van der Waals surface area contributed by atoms with Gasteiger partial charge in [-0.1, -0.05) is 36.4 Å². The van der Waals surface area contributed by atoms with Crippen molar-refractivity contribution in [2.75, 3.05) is 6.61 Å². The zero-order valence-electron chi connectivity index (χ0n) is 19.2. The van der Waals surface area contributed by atoms with Crippen LogP contribution in [0.25, 0.3) is 21.5 Å². The van der Waals surface area contributed by atoms with Gasteiger partial charge in [0, 0.05) is 21.1 Å². The maximum atomic E-state index is 12.9. The van der Waals surface area contributed by atoms with Gasteiger partial charge in [-0.15, -0.1) is 0 Å². The number of ether oxygens (including phenoxy) is 3. The van der Waals surface area contributed by atoms with Gasteiger partial charge in [0.15, 0.2) is 6.23 Å². The Bertz CT molecular complexity index is 1490. The molecule has 0 amide bonds. The number of aromatic nitrogens is 3. The molecule has 5 rings (SSSR count). The number of esters is 2. The van der Waals surface area contributed by atoms with E-state index < -0.39 is 30.4 Å². The van der Waals surface area contributed by atoms with Crippen molar-refractivity contribution in [2.45, 2.75) is 24.9 Å². The number of benzene rings is 2. The molecule has 0 radical (unpaired) electrons. The molecule has 1 aliphatic heterocycles. The van der Waals surface area contributed by atoms with Crippen molar-refractivity contribution in [1.82, 2.24) is 14.5 Å². The Morgan fingerprint density at radius 3 is 2.43 bits per heavy atom. The van der Waals surface area contributed by atoms with Crippen molar-refractivity contribution in [3.05, 3.63) is 98.3 Å². The zero-order chi connectivity index (χ0) is 25.8. The molecule has 0 bridgehead atoms. The maximum Gasteiger partial charge on any atom is 0.338 e. The van der Waals surface area contributed by atoms with Crippen LogP contribution in [0.3, 0.4) is 0 Å². The van der Waals surface area contributed by atoms with Crippen LogP contribution in [0.5, 0.6) is 0 Å². The summed E-state index contributed by atoms with van der Waals surface area (Å²) in [6.07, 6.45) is 1.32. The highest BCUT2D eigenvalue weighted by atomic mass is 127. The van der Waals surface area contributed by atoms with Crippen LogP contribution >= 0.6 is 22.6 Å². The number of rotatable bonds is 7. The highest BCUT2D eigenvalue weighted by Gasteiger charge is 2.41. The van der Waals surface area contributed by atoms with E-state index in [1.54, 1.807) is 59.3 Å². The number of carbonyl (C=O) groups excluding carboxylic acids is 2. The van der Waals surface area contributed by atoms with Crippen LogP contribution in [-0.4, -0.2) is 45.3 Å². The molecule has 1 aliphatic rings. The first-order valence-electron chi connectivity index (χ1n) is 11.2. The Morgan fingerprint density at radius 2 is 1.76 bits per heavy atom. The lowest BCUT2D eigenvalue weighted by Gasteiger charge is -2.21. The average Bonchev–Trinajstić information content (AvgIpc) is 3.49. The molecule has 3 heterocycles. The normalized spacial score (nSPS) is 18.8. The first-order chi connectivity index (χ1) is 18.0. The van der Waals surface area contributed by atoms with Crippen molar-refractivity contribution in [3.63, 3.8) is 0 Å². The second-order valence-corrected chi connectivity index (χ2v) is 9.29. The van der Waals surface area contributed by atoms with Crippen LogP contribution < -0.4 is 0 Å². The molecule has 2 aromatic heterocycles. The molecule has 2 aromatic carbocycles. The van der Waals surface area contributed by atoms with E-state index >= 15 is 0 Å². The Labute approximate surface area is 224 Å². The molecule has 4 aromatic rings. The molecule has 11 nitrogen and oxygen atoms in total. The fraction of sp³-hybridized carbons (Fsp3) is 0.200. The predicted octanol–water partition coefficient (Wildman–Crippen LogP) is 5.35. The number of nitrogens with zero attached hydrogens (tertiary/aromatic N) is 6. The summed E-state index contributed by atoms with van der Waals surface area (Å²) >= 11 is 2.09. The molecule has 12 heteroatoms. The average molecular weight is 610 g/mol. The standard InChI is InChI=1S/C25H19IN6O5/c26-18-12-32(22-20(18)21(30-31-27)28-14-29-22)23-19(37-25(34)16-9-5-2-6-10-16)11-17(36-23)13-35-24(33)15-7-3-1-4-8-15/h1-10,12,14,17,19,23H,11,13H2/t17-,19+,23+/m0/s1. The molecule has 0 N–H and O–H groups in total. The van der Waals surface area contributed by atoms with Gasteiger partial charge in [-0.3, -0.25) is 0 Å². The van der Waals surface area contributed by atoms with E-state index in [0.29, 0.717) is 22.2 Å². The third-order valence-corrected chi connectivity index (χ3v) is 6.60. The highest BCUT2D eigenvalue weighted by molar-refractivity contribution is 14.1. The smallest absolute Gasteiger partial charge is 0.338 e. The number of hydrogen-bond acceptors (Lipinski definition) is 8. The van der Waals surface area contributed by atoms with E-state index in [9.17, 15) is 9.59 Å². The number of fused-ring (bicyclic) bond motifs is 1. The fourth-order valence-corrected chi connectivity index (χ4v) is 4.90. The molecule has 186 valence electrons. The lowest BCUT2D eigenvalue weighted by Crippen LogP contribution is -2.25. The van der Waals surface area contributed by atoms with E-state index in [0.717, 1.165) is 3.57 Å². The lowest BCUT2D eigenvalue weighted by atomic mass is 10.2. The van der Waals surface area contributed by atoms with Crippen molar-refractivity contribution < 1.29 is 23.8 Å². The number of halogens is 1. The molecular formula is C25H19IN6O5. The molecule has 0 unspecified atom stereocenters. The summed E-state index contributed by atoms with van der Waals surface area (Å²) < 4.78 is 20.0. The fourth-order valence-electron chi connectivity index (χ4n) is 4.12. The van der Waals surface area contributed by atoms with Gasteiger partial charge in [0.25, 0.3) is 0 Å². The van der Waals surface area contributed by atoms with Gasteiger partial charge in [-0.05, 0) is 57.5 Å². The number of carbonyl (C=O) groups is 2. The molecule has 0 aliphatic carbocycles. The summed E-state index contributed by atoms with van der Waals surface area (Å²) in [5.41, 5.74) is 10.2. The summed E-state index contributed by atoms with van der Waals surface area (Å²) in [5, 5.41) is 4.22. The van der Waals surface area contributed by atoms with Gasteiger partial charge >= 0.3 is 11.9 Å². The summed E-state index contributed by atoms with van der Waals surface area (Å²) in [7, 11) is 0. The van der Waals surface area contributed by atoms with Gasteiger partial charge in [-0.25, -0.2) is 19.6 Å². The van der Waals surface area contributed by atoms with Gasteiger partial charge in [0.05, 0.1) is 22.6 Å². The van der Waals surface area contributed by atoms with E-state index in [1.165, 1.54) is 6.33 Å². The van der Waals surface area contributed by atoms with E-state index in [1.807, 2.05) is 12.1 Å². The first-order valence-corrected chi connectivity index (χ1v) is 12.3. The van der Waals surface area contributed by atoms with Gasteiger partial charge < -0.3 is 18.8 Å². The SMILES string of the molecule is [N-]=[N+]=Nc1ncnc2c1c(I)cn2[C@@H]1O[C@H](COC(=O)c2ccccc2)C[C@H]1OC(=O)c1ccccc1. The van der Waals surface area contributed by atoms with Crippen molar-refractivity contribution in [2.24, 2.45) is 5.11 Å². The van der Waals surface area contributed by atoms with Gasteiger partial charge in [0.2, 0.25) is 0 Å². The van der Waals surface area contributed by atoms with Gasteiger partial charge in [0.1, 0.15) is 30.5 Å². The topological polar surface area (TPSA) is 141 Å².